The van der Waals surface area contributed by atoms with Gasteiger partial charge in [-0.2, -0.15) is 0 Å². The Hall–Kier alpha value is -2.40. The number of nitrogens with one attached hydrogen (secondary N) is 1. The van der Waals surface area contributed by atoms with Crippen molar-refractivity contribution in [2.24, 2.45) is 0 Å². The number of fused-ring (bicyclic) bond motifs is 1. The van der Waals surface area contributed by atoms with E-state index < -0.39 is 10.8 Å². The fourth-order valence-corrected chi connectivity index (χ4v) is 3.70. The summed E-state index contributed by atoms with van der Waals surface area (Å²) in [4.78, 5) is 12.7. The van der Waals surface area contributed by atoms with E-state index >= 15 is 0 Å². The molecule has 25 heavy (non-hydrogen) atoms. The number of carbonyl (C=O) groups is 1. The van der Waals surface area contributed by atoms with Gasteiger partial charge in [0.25, 0.3) is 5.91 Å². The largest absolute Gasteiger partial charge is 0.450 e. The summed E-state index contributed by atoms with van der Waals surface area (Å²) in [5.41, 5.74) is 5.30. The summed E-state index contributed by atoms with van der Waals surface area (Å²) in [6, 6.07) is 11.4. The second kappa shape index (κ2) is 6.84. The lowest BCUT2D eigenvalue weighted by molar-refractivity contribution is 0.0998. The second-order valence-corrected chi connectivity index (χ2v) is 7.77. The number of aryl methyl sites for hydroxylation is 3. The maximum Gasteiger partial charge on any atom is 0.291 e. The molecule has 1 N–H and O–H groups in total. The maximum atomic E-state index is 12.7. The number of anilines is 1. The molecule has 0 radical (unpaired) electrons. The molecule has 1 amide bonds. The SMILES string of the molecule is Cc1ccc(C)c2c(C)c(C(=O)Nc3cccc(C[S@](C)=O)c3)oc12. The van der Waals surface area contributed by atoms with Gasteiger partial charge >= 0.3 is 0 Å². The zero-order chi connectivity index (χ0) is 18.1. The topological polar surface area (TPSA) is 59.3 Å². The molecule has 0 spiro atoms. The molecule has 0 saturated heterocycles. The number of rotatable bonds is 4. The van der Waals surface area contributed by atoms with Crippen LogP contribution in [0.5, 0.6) is 0 Å². The van der Waals surface area contributed by atoms with Crippen LogP contribution in [0, 0.1) is 20.8 Å². The lowest BCUT2D eigenvalue weighted by Crippen LogP contribution is -2.12. The van der Waals surface area contributed by atoms with Crippen LogP contribution >= 0.6 is 0 Å². The van der Waals surface area contributed by atoms with Gasteiger partial charge in [-0.1, -0.05) is 24.3 Å². The third-order valence-electron chi connectivity index (χ3n) is 4.24. The van der Waals surface area contributed by atoms with Crippen molar-refractivity contribution in [3.63, 3.8) is 0 Å². The van der Waals surface area contributed by atoms with Crippen LogP contribution < -0.4 is 5.32 Å². The van der Waals surface area contributed by atoms with E-state index in [9.17, 15) is 9.00 Å². The number of carbonyl (C=O) groups excluding carboxylic acids is 1. The van der Waals surface area contributed by atoms with Crippen LogP contribution in [0.15, 0.2) is 40.8 Å². The highest BCUT2D eigenvalue weighted by Gasteiger charge is 2.20. The molecule has 1 heterocycles. The first-order valence-electron chi connectivity index (χ1n) is 8.06. The van der Waals surface area contributed by atoms with Crippen LogP contribution in [0.1, 0.15) is 32.8 Å². The highest BCUT2D eigenvalue weighted by molar-refractivity contribution is 7.83. The standard InChI is InChI=1S/C20H21NO3S/c1-12-8-9-13(2)18-17(12)14(3)19(24-18)20(22)21-16-7-5-6-15(10-16)11-25(4)23/h5-10H,11H2,1-4H3,(H,21,22)/t25-/m0/s1. The van der Waals surface area contributed by atoms with Crippen LogP contribution in [0.4, 0.5) is 5.69 Å². The molecule has 2 aromatic carbocycles. The van der Waals surface area contributed by atoms with E-state index in [0.29, 0.717) is 17.2 Å². The van der Waals surface area contributed by atoms with Gasteiger partial charge in [-0.25, -0.2) is 0 Å². The zero-order valence-corrected chi connectivity index (χ0v) is 15.6. The minimum Gasteiger partial charge on any atom is -0.450 e. The Morgan fingerprint density at radius 1 is 1.12 bits per heavy atom. The van der Waals surface area contributed by atoms with Crippen molar-refractivity contribution >= 4 is 33.4 Å². The Kier molecular flexibility index (Phi) is 4.77. The molecule has 0 unspecified atom stereocenters. The lowest BCUT2D eigenvalue weighted by Gasteiger charge is -2.06. The molecule has 3 rings (SSSR count). The van der Waals surface area contributed by atoms with Crippen molar-refractivity contribution in [2.45, 2.75) is 26.5 Å². The van der Waals surface area contributed by atoms with E-state index in [-0.39, 0.29) is 5.91 Å². The Bertz CT molecular complexity index is 988. The zero-order valence-electron chi connectivity index (χ0n) is 14.8. The van der Waals surface area contributed by atoms with Crippen molar-refractivity contribution < 1.29 is 13.4 Å². The van der Waals surface area contributed by atoms with E-state index in [1.807, 2.05) is 57.2 Å². The van der Waals surface area contributed by atoms with Gasteiger partial charge in [0.05, 0.1) is 0 Å². The number of hydrogen-bond donors (Lipinski definition) is 1. The van der Waals surface area contributed by atoms with Gasteiger partial charge in [0, 0.05) is 39.4 Å². The summed E-state index contributed by atoms with van der Waals surface area (Å²) < 4.78 is 17.3. The van der Waals surface area contributed by atoms with Crippen molar-refractivity contribution in [3.8, 4) is 0 Å². The first-order chi connectivity index (χ1) is 11.9. The van der Waals surface area contributed by atoms with Gasteiger partial charge in [-0.15, -0.1) is 0 Å². The molecule has 0 saturated carbocycles. The average molecular weight is 355 g/mol. The Morgan fingerprint density at radius 2 is 1.84 bits per heavy atom. The van der Waals surface area contributed by atoms with E-state index in [0.717, 1.165) is 33.2 Å². The van der Waals surface area contributed by atoms with Gasteiger partial charge in [0.1, 0.15) is 5.58 Å². The predicted octanol–water partition coefficient (Wildman–Crippen LogP) is 4.49. The normalized spacial score (nSPS) is 12.3. The van der Waals surface area contributed by atoms with E-state index in [1.165, 1.54) is 0 Å². The van der Waals surface area contributed by atoms with E-state index in [1.54, 1.807) is 6.26 Å². The molecule has 0 aliphatic carbocycles. The van der Waals surface area contributed by atoms with Gasteiger partial charge in [0.2, 0.25) is 0 Å². The van der Waals surface area contributed by atoms with Crippen molar-refractivity contribution in [1.82, 2.24) is 0 Å². The summed E-state index contributed by atoms with van der Waals surface area (Å²) in [5.74, 6) is 0.519. The van der Waals surface area contributed by atoms with Gasteiger partial charge in [-0.05, 0) is 49.6 Å². The molecule has 1 atom stereocenters. The number of hydrogen-bond acceptors (Lipinski definition) is 3. The Balaban J connectivity index is 1.93. The molecule has 5 heteroatoms. The minimum atomic E-state index is -0.924. The lowest BCUT2D eigenvalue weighted by atomic mass is 10.0. The van der Waals surface area contributed by atoms with Crippen LogP contribution in [0.25, 0.3) is 11.0 Å². The Morgan fingerprint density at radius 3 is 2.52 bits per heavy atom. The van der Waals surface area contributed by atoms with E-state index in [2.05, 4.69) is 5.32 Å². The van der Waals surface area contributed by atoms with Crippen molar-refractivity contribution in [2.75, 3.05) is 11.6 Å². The number of furan rings is 1. The van der Waals surface area contributed by atoms with Crippen molar-refractivity contribution in [3.05, 3.63) is 64.4 Å². The minimum absolute atomic E-state index is 0.276. The van der Waals surface area contributed by atoms with Crippen LogP contribution in [0.3, 0.4) is 0 Å². The number of amides is 1. The third-order valence-corrected chi connectivity index (χ3v) is 4.98. The summed E-state index contributed by atoms with van der Waals surface area (Å²) in [6.07, 6.45) is 1.66. The summed E-state index contributed by atoms with van der Waals surface area (Å²) in [6.45, 7) is 5.89. The third kappa shape index (κ3) is 3.51. The predicted molar refractivity (Wildman–Crippen MR) is 103 cm³/mol. The average Bonchev–Trinajstić information content (AvgIpc) is 2.90. The fraction of sp³-hybridized carbons (Fsp3) is 0.250. The summed E-state index contributed by atoms with van der Waals surface area (Å²) in [5, 5.41) is 3.88. The van der Waals surface area contributed by atoms with Crippen LogP contribution in [0.2, 0.25) is 0 Å². The van der Waals surface area contributed by atoms with Crippen LogP contribution in [-0.4, -0.2) is 16.4 Å². The van der Waals surface area contributed by atoms with Gasteiger partial charge in [-0.3, -0.25) is 9.00 Å². The highest BCUT2D eigenvalue weighted by atomic mass is 32.2. The smallest absolute Gasteiger partial charge is 0.291 e. The van der Waals surface area contributed by atoms with Crippen LogP contribution in [-0.2, 0) is 16.6 Å². The highest BCUT2D eigenvalue weighted by Crippen LogP contribution is 2.31. The number of benzene rings is 2. The summed E-state index contributed by atoms with van der Waals surface area (Å²) in [7, 11) is -0.924. The molecular formula is C20H21NO3S. The monoisotopic (exact) mass is 355 g/mol. The molecule has 3 aromatic rings. The first-order valence-corrected chi connectivity index (χ1v) is 9.79. The molecule has 0 bridgehead atoms. The fourth-order valence-electron chi connectivity index (χ4n) is 3.05. The molecular weight excluding hydrogens is 334 g/mol. The molecule has 130 valence electrons. The first kappa shape index (κ1) is 17.4. The molecule has 1 aromatic heterocycles. The Labute approximate surface area is 149 Å². The second-order valence-electron chi connectivity index (χ2n) is 6.33. The quantitative estimate of drug-likeness (QED) is 0.750. The van der Waals surface area contributed by atoms with Crippen molar-refractivity contribution in [1.29, 1.82) is 0 Å². The van der Waals surface area contributed by atoms with Gasteiger partial charge in [0.15, 0.2) is 5.76 Å². The maximum absolute atomic E-state index is 12.7. The molecule has 4 nitrogen and oxygen atoms in total. The molecule has 0 fully saturated rings. The van der Waals surface area contributed by atoms with E-state index in [4.69, 9.17) is 4.42 Å². The van der Waals surface area contributed by atoms with Gasteiger partial charge < -0.3 is 9.73 Å². The summed E-state index contributed by atoms with van der Waals surface area (Å²) >= 11 is 0. The molecule has 0 aliphatic heterocycles. The molecule has 0 aliphatic rings.